The van der Waals surface area contributed by atoms with Gasteiger partial charge in [0.15, 0.2) is 0 Å². The minimum absolute atomic E-state index is 0.721. The number of hydrogen-bond acceptors (Lipinski definition) is 2. The van der Waals surface area contributed by atoms with Gasteiger partial charge in [-0.3, -0.25) is 4.98 Å². The van der Waals surface area contributed by atoms with E-state index in [1.807, 2.05) is 42.7 Å². The van der Waals surface area contributed by atoms with E-state index < -0.39 is 0 Å². The quantitative estimate of drug-likeness (QED) is 0.761. The average Bonchev–Trinajstić information content (AvgIpc) is 2.89. The molecule has 0 bridgehead atoms. The van der Waals surface area contributed by atoms with Gasteiger partial charge < -0.3 is 4.98 Å². The number of aromatic nitrogens is 3. The summed E-state index contributed by atoms with van der Waals surface area (Å²) in [6.45, 7) is 2.06. The molecule has 3 rings (SSSR count). The Hall–Kier alpha value is -2.13. The van der Waals surface area contributed by atoms with Crippen molar-refractivity contribution in [2.75, 3.05) is 0 Å². The number of halogens is 1. The highest BCUT2D eigenvalue weighted by Gasteiger charge is 2.07. The first-order chi connectivity index (χ1) is 9.24. The smallest absolute Gasteiger partial charge is 0.137 e. The molecule has 0 saturated carbocycles. The van der Waals surface area contributed by atoms with Crippen LogP contribution in [0, 0.1) is 6.92 Å². The van der Waals surface area contributed by atoms with Crippen LogP contribution in [0.2, 0.25) is 5.02 Å². The van der Waals surface area contributed by atoms with E-state index >= 15 is 0 Å². The van der Waals surface area contributed by atoms with Crippen LogP contribution in [0.5, 0.6) is 0 Å². The van der Waals surface area contributed by atoms with Gasteiger partial charge in [0.25, 0.3) is 0 Å². The van der Waals surface area contributed by atoms with Crippen molar-refractivity contribution < 1.29 is 0 Å². The highest BCUT2D eigenvalue weighted by atomic mass is 35.5. The Morgan fingerprint density at radius 1 is 1.05 bits per heavy atom. The Bertz CT molecular complexity index is 701. The zero-order valence-electron chi connectivity index (χ0n) is 10.4. The van der Waals surface area contributed by atoms with Crippen molar-refractivity contribution in [1.29, 1.82) is 0 Å². The molecule has 2 aromatic heterocycles. The Balaban J connectivity index is 2.00. The third kappa shape index (κ3) is 2.37. The third-order valence-corrected chi connectivity index (χ3v) is 3.27. The molecule has 1 aromatic carbocycles. The first kappa shape index (κ1) is 11.9. The van der Waals surface area contributed by atoms with Gasteiger partial charge in [0.05, 0.1) is 11.9 Å². The number of benzene rings is 1. The first-order valence-corrected chi connectivity index (χ1v) is 6.34. The predicted octanol–water partition coefficient (Wildman–Crippen LogP) is 4.10. The number of nitrogens with zero attached hydrogens (tertiary/aromatic N) is 2. The summed E-state index contributed by atoms with van der Waals surface area (Å²) in [5, 5.41) is 0.721. The molecule has 19 heavy (non-hydrogen) atoms. The number of imidazole rings is 1. The topological polar surface area (TPSA) is 41.6 Å². The van der Waals surface area contributed by atoms with Crippen LogP contribution in [0.3, 0.4) is 0 Å². The number of H-pyrrole nitrogens is 1. The summed E-state index contributed by atoms with van der Waals surface area (Å²) in [6.07, 6.45) is 5.46. The lowest BCUT2D eigenvalue weighted by Gasteiger charge is -2.01. The lowest BCUT2D eigenvalue weighted by atomic mass is 10.1. The molecule has 0 atom stereocenters. The number of aryl methyl sites for hydroxylation is 1. The van der Waals surface area contributed by atoms with Crippen molar-refractivity contribution in [3.63, 3.8) is 0 Å². The Kier molecular flexibility index (Phi) is 3.05. The maximum atomic E-state index is 5.88. The lowest BCUT2D eigenvalue weighted by molar-refractivity contribution is 1.26. The molecule has 0 fully saturated rings. The minimum atomic E-state index is 0.721. The molecule has 3 aromatic rings. The summed E-state index contributed by atoms with van der Waals surface area (Å²) in [5.41, 5.74) is 4.21. The van der Waals surface area contributed by atoms with Crippen LogP contribution in [0.1, 0.15) is 5.56 Å². The van der Waals surface area contributed by atoms with Crippen molar-refractivity contribution in [2.24, 2.45) is 0 Å². The number of nitrogens with one attached hydrogen (secondary N) is 1. The summed E-state index contributed by atoms with van der Waals surface area (Å²) >= 11 is 5.88. The second-order valence-electron chi connectivity index (χ2n) is 4.34. The van der Waals surface area contributed by atoms with Crippen LogP contribution in [0.15, 0.2) is 48.9 Å². The number of aromatic amines is 1. The highest BCUT2D eigenvalue weighted by Crippen LogP contribution is 2.24. The van der Waals surface area contributed by atoms with E-state index in [1.54, 1.807) is 6.20 Å². The summed E-state index contributed by atoms with van der Waals surface area (Å²) in [4.78, 5) is 11.9. The van der Waals surface area contributed by atoms with E-state index in [9.17, 15) is 0 Å². The number of hydrogen-bond donors (Lipinski definition) is 1. The highest BCUT2D eigenvalue weighted by molar-refractivity contribution is 6.30. The molecule has 0 aliphatic heterocycles. The van der Waals surface area contributed by atoms with E-state index in [4.69, 9.17) is 11.6 Å². The van der Waals surface area contributed by atoms with Crippen LogP contribution in [0.25, 0.3) is 22.6 Å². The van der Waals surface area contributed by atoms with E-state index in [0.29, 0.717) is 0 Å². The minimum Gasteiger partial charge on any atom is -0.338 e. The normalized spacial score (nSPS) is 10.6. The second-order valence-corrected chi connectivity index (χ2v) is 4.78. The number of pyridine rings is 1. The average molecular weight is 270 g/mol. The Morgan fingerprint density at radius 2 is 1.84 bits per heavy atom. The fourth-order valence-corrected chi connectivity index (χ4v) is 2.08. The van der Waals surface area contributed by atoms with Gasteiger partial charge in [-0.1, -0.05) is 11.6 Å². The second kappa shape index (κ2) is 4.86. The molecule has 0 amide bonds. The first-order valence-electron chi connectivity index (χ1n) is 5.96. The van der Waals surface area contributed by atoms with Gasteiger partial charge in [-0.25, -0.2) is 4.98 Å². The van der Waals surface area contributed by atoms with Crippen molar-refractivity contribution in [2.45, 2.75) is 6.92 Å². The van der Waals surface area contributed by atoms with Crippen LogP contribution in [-0.4, -0.2) is 15.0 Å². The monoisotopic (exact) mass is 269 g/mol. The zero-order chi connectivity index (χ0) is 13.2. The number of rotatable bonds is 2. The molecule has 1 N–H and O–H groups in total. The largest absolute Gasteiger partial charge is 0.338 e. The molecule has 2 heterocycles. The van der Waals surface area contributed by atoms with E-state index in [-0.39, 0.29) is 0 Å². The van der Waals surface area contributed by atoms with Crippen LogP contribution < -0.4 is 0 Å². The van der Waals surface area contributed by atoms with E-state index in [2.05, 4.69) is 21.9 Å². The van der Waals surface area contributed by atoms with Gasteiger partial charge >= 0.3 is 0 Å². The molecule has 0 unspecified atom stereocenters. The molecular formula is C15H12ClN3. The van der Waals surface area contributed by atoms with Crippen molar-refractivity contribution in [3.05, 3.63) is 59.5 Å². The van der Waals surface area contributed by atoms with E-state index in [0.717, 1.165) is 27.7 Å². The fraction of sp³-hybridized carbons (Fsp3) is 0.0667. The van der Waals surface area contributed by atoms with Crippen molar-refractivity contribution >= 4 is 11.6 Å². The summed E-state index contributed by atoms with van der Waals surface area (Å²) in [6, 6.07) is 9.59. The predicted molar refractivity (Wildman–Crippen MR) is 77.0 cm³/mol. The molecule has 94 valence electrons. The molecule has 0 spiro atoms. The van der Waals surface area contributed by atoms with Crippen molar-refractivity contribution in [1.82, 2.24) is 15.0 Å². The van der Waals surface area contributed by atoms with Crippen molar-refractivity contribution in [3.8, 4) is 22.6 Å². The molecular weight excluding hydrogens is 258 g/mol. The SMILES string of the molecule is Cc1ccncc1-c1cnc(-c2ccc(Cl)cc2)[nH]1. The molecule has 0 aliphatic rings. The van der Waals surface area contributed by atoms with Crippen LogP contribution in [-0.2, 0) is 0 Å². The van der Waals surface area contributed by atoms with Gasteiger partial charge in [-0.05, 0) is 42.8 Å². The molecule has 0 radical (unpaired) electrons. The van der Waals surface area contributed by atoms with Gasteiger partial charge in [0, 0.05) is 28.5 Å². The zero-order valence-corrected chi connectivity index (χ0v) is 11.1. The maximum absolute atomic E-state index is 5.88. The molecule has 3 nitrogen and oxygen atoms in total. The molecule has 0 saturated heterocycles. The molecule has 4 heteroatoms. The van der Waals surface area contributed by atoms with Gasteiger partial charge in [0.1, 0.15) is 5.82 Å². The maximum Gasteiger partial charge on any atom is 0.137 e. The fourth-order valence-electron chi connectivity index (χ4n) is 1.96. The summed E-state index contributed by atoms with van der Waals surface area (Å²) in [7, 11) is 0. The Morgan fingerprint density at radius 3 is 2.58 bits per heavy atom. The summed E-state index contributed by atoms with van der Waals surface area (Å²) in [5.74, 6) is 0.829. The van der Waals surface area contributed by atoms with E-state index in [1.165, 1.54) is 5.56 Å². The lowest BCUT2D eigenvalue weighted by Crippen LogP contribution is -1.85. The van der Waals surface area contributed by atoms with Gasteiger partial charge in [-0.15, -0.1) is 0 Å². The summed E-state index contributed by atoms with van der Waals surface area (Å²) < 4.78 is 0. The Labute approximate surface area is 116 Å². The van der Waals surface area contributed by atoms with Gasteiger partial charge in [0.2, 0.25) is 0 Å². The molecule has 0 aliphatic carbocycles. The standard InChI is InChI=1S/C15H12ClN3/c1-10-6-7-17-8-13(10)14-9-18-15(19-14)11-2-4-12(16)5-3-11/h2-9H,1H3,(H,18,19). The van der Waals surface area contributed by atoms with Gasteiger partial charge in [-0.2, -0.15) is 0 Å². The van der Waals surface area contributed by atoms with Crippen LogP contribution in [0.4, 0.5) is 0 Å². The van der Waals surface area contributed by atoms with Crippen LogP contribution >= 0.6 is 11.6 Å². The third-order valence-electron chi connectivity index (χ3n) is 3.02.